The van der Waals surface area contributed by atoms with Gasteiger partial charge in [-0.05, 0) is 49.8 Å². The highest BCUT2D eigenvalue weighted by Crippen LogP contribution is 2.18. The van der Waals surface area contributed by atoms with Crippen LogP contribution in [-0.2, 0) is 16.1 Å². The van der Waals surface area contributed by atoms with Crippen molar-refractivity contribution in [1.82, 2.24) is 9.88 Å². The maximum absolute atomic E-state index is 12.7. The summed E-state index contributed by atoms with van der Waals surface area (Å²) < 4.78 is 5.49. The Bertz CT molecular complexity index is 809. The molecule has 1 atom stereocenters. The zero-order chi connectivity index (χ0) is 17.8. The maximum Gasteiger partial charge on any atom is 0.253 e. The lowest BCUT2D eigenvalue weighted by atomic mass is 10.1. The Morgan fingerprint density at radius 3 is 2.96 bits per heavy atom. The molecule has 2 aromatic rings. The zero-order valence-corrected chi connectivity index (χ0v) is 14.5. The topological polar surface area (TPSA) is 82.6 Å². The number of fused-ring (bicyclic) bond motifs is 1. The molecule has 6 nitrogen and oxygen atoms in total. The van der Waals surface area contributed by atoms with Crippen LogP contribution < -0.4 is 5.56 Å². The van der Waals surface area contributed by atoms with Crippen LogP contribution in [0.4, 0.5) is 0 Å². The van der Waals surface area contributed by atoms with E-state index in [0.29, 0.717) is 31.6 Å². The van der Waals surface area contributed by atoms with Crippen LogP contribution in [0.2, 0.25) is 0 Å². The van der Waals surface area contributed by atoms with Crippen LogP contribution in [0, 0.1) is 6.92 Å². The third-order valence-corrected chi connectivity index (χ3v) is 4.54. The smallest absolute Gasteiger partial charge is 0.253 e. The predicted octanol–water partition coefficient (Wildman–Crippen LogP) is 1.73. The predicted molar refractivity (Wildman–Crippen MR) is 95.4 cm³/mol. The van der Waals surface area contributed by atoms with Crippen LogP contribution >= 0.6 is 0 Å². The number of aromatic amines is 1. The molecule has 2 N–H and O–H groups in total. The van der Waals surface area contributed by atoms with E-state index < -0.39 is 6.10 Å². The first kappa shape index (κ1) is 17.6. The number of aliphatic hydroxyl groups excluding tert-OH is 1. The molecule has 0 spiro atoms. The third-order valence-electron chi connectivity index (χ3n) is 4.54. The average molecular weight is 344 g/mol. The van der Waals surface area contributed by atoms with Gasteiger partial charge in [-0.2, -0.15) is 0 Å². The third kappa shape index (κ3) is 4.08. The molecule has 1 unspecified atom stereocenters. The van der Waals surface area contributed by atoms with Gasteiger partial charge < -0.3 is 19.7 Å². The van der Waals surface area contributed by atoms with E-state index in [-0.39, 0.29) is 24.6 Å². The van der Waals surface area contributed by atoms with Gasteiger partial charge in [0.05, 0.1) is 6.54 Å². The lowest BCUT2D eigenvalue weighted by molar-refractivity contribution is -0.141. The Morgan fingerprint density at radius 2 is 2.24 bits per heavy atom. The minimum atomic E-state index is -0.430. The molecule has 6 heteroatoms. The van der Waals surface area contributed by atoms with E-state index >= 15 is 0 Å². The van der Waals surface area contributed by atoms with Gasteiger partial charge in [-0.3, -0.25) is 9.59 Å². The van der Waals surface area contributed by atoms with Crippen LogP contribution in [0.15, 0.2) is 29.1 Å². The number of nitrogens with zero attached hydrogens (tertiary/aromatic N) is 1. The number of pyridine rings is 1. The van der Waals surface area contributed by atoms with Gasteiger partial charge in [0, 0.05) is 30.8 Å². The Labute approximate surface area is 146 Å². The first-order valence-corrected chi connectivity index (χ1v) is 8.72. The summed E-state index contributed by atoms with van der Waals surface area (Å²) in [4.78, 5) is 29.6. The Hall–Kier alpha value is -2.18. The van der Waals surface area contributed by atoms with E-state index in [4.69, 9.17) is 9.84 Å². The Balaban J connectivity index is 1.87. The second kappa shape index (κ2) is 7.80. The Morgan fingerprint density at radius 1 is 1.40 bits per heavy atom. The minimum absolute atomic E-state index is 0.00256. The number of aromatic nitrogens is 1. The molecular weight excluding hydrogens is 320 g/mol. The average Bonchev–Trinajstić information content (AvgIpc) is 3.13. The number of benzene rings is 1. The first-order chi connectivity index (χ1) is 12.1. The largest absolute Gasteiger partial charge is 0.396 e. The molecule has 1 aromatic heterocycles. The van der Waals surface area contributed by atoms with E-state index in [9.17, 15) is 9.59 Å². The fraction of sp³-hybridized carbons (Fsp3) is 0.474. The summed E-state index contributed by atoms with van der Waals surface area (Å²) in [6.45, 7) is 3.22. The number of carbonyl (C=O) groups is 1. The van der Waals surface area contributed by atoms with E-state index in [2.05, 4.69) is 4.98 Å². The fourth-order valence-electron chi connectivity index (χ4n) is 3.20. The number of rotatable bonds is 6. The summed E-state index contributed by atoms with van der Waals surface area (Å²) in [7, 11) is 0. The number of aliphatic hydroxyl groups is 1. The lowest BCUT2D eigenvalue weighted by Crippen LogP contribution is -2.40. The second-order valence-electron chi connectivity index (χ2n) is 6.55. The van der Waals surface area contributed by atoms with Gasteiger partial charge in [0.1, 0.15) is 6.10 Å². The molecule has 0 radical (unpaired) electrons. The van der Waals surface area contributed by atoms with E-state index in [1.54, 1.807) is 4.90 Å². The molecule has 1 fully saturated rings. The fourth-order valence-corrected chi connectivity index (χ4v) is 3.20. The molecule has 1 aliphatic heterocycles. The SMILES string of the molecule is Cc1ccc2[nH]c(=O)c(CN(CCCO)C(=O)C3CCCO3)cc2c1. The molecule has 134 valence electrons. The van der Waals surface area contributed by atoms with Crippen molar-refractivity contribution in [1.29, 1.82) is 0 Å². The summed E-state index contributed by atoms with van der Waals surface area (Å²) in [5.41, 5.74) is 2.25. The number of amides is 1. The van der Waals surface area contributed by atoms with Crippen LogP contribution in [0.3, 0.4) is 0 Å². The highest BCUT2D eigenvalue weighted by molar-refractivity contribution is 5.82. The highest BCUT2D eigenvalue weighted by atomic mass is 16.5. The van der Waals surface area contributed by atoms with Crippen LogP contribution in [-0.4, -0.2) is 46.8 Å². The highest BCUT2D eigenvalue weighted by Gasteiger charge is 2.28. The molecule has 2 heterocycles. The van der Waals surface area contributed by atoms with Crippen LogP contribution in [0.5, 0.6) is 0 Å². The molecule has 1 aromatic carbocycles. The first-order valence-electron chi connectivity index (χ1n) is 8.72. The van der Waals surface area contributed by atoms with Crippen molar-refractivity contribution < 1.29 is 14.6 Å². The lowest BCUT2D eigenvalue weighted by Gasteiger charge is -2.25. The molecule has 3 rings (SSSR count). The molecule has 1 saturated heterocycles. The molecule has 0 aliphatic carbocycles. The molecular formula is C19H24N2O4. The molecule has 0 bridgehead atoms. The normalized spacial score (nSPS) is 17.1. The summed E-state index contributed by atoms with van der Waals surface area (Å²) in [6, 6.07) is 7.69. The summed E-state index contributed by atoms with van der Waals surface area (Å²) >= 11 is 0. The quantitative estimate of drug-likeness (QED) is 0.836. The number of carbonyl (C=O) groups excluding carboxylic acids is 1. The van der Waals surface area contributed by atoms with Crippen molar-refractivity contribution in [2.75, 3.05) is 19.8 Å². The minimum Gasteiger partial charge on any atom is -0.396 e. The maximum atomic E-state index is 12.7. The van der Waals surface area contributed by atoms with Crippen molar-refractivity contribution in [2.24, 2.45) is 0 Å². The van der Waals surface area contributed by atoms with E-state index in [0.717, 1.165) is 22.9 Å². The zero-order valence-electron chi connectivity index (χ0n) is 14.5. The number of nitrogens with one attached hydrogen (secondary N) is 1. The molecule has 1 aliphatic rings. The Kier molecular flexibility index (Phi) is 5.50. The van der Waals surface area contributed by atoms with Gasteiger partial charge in [-0.1, -0.05) is 11.6 Å². The van der Waals surface area contributed by atoms with Gasteiger partial charge >= 0.3 is 0 Å². The monoisotopic (exact) mass is 344 g/mol. The van der Waals surface area contributed by atoms with Gasteiger partial charge in [0.15, 0.2) is 0 Å². The number of H-pyrrole nitrogens is 1. The standard InChI is InChI=1S/C19H24N2O4/c1-13-5-6-16-14(10-13)11-15(18(23)20-16)12-21(7-3-8-22)19(24)17-4-2-9-25-17/h5-6,10-11,17,22H,2-4,7-9,12H2,1H3,(H,20,23). The van der Waals surface area contributed by atoms with Gasteiger partial charge in [0.25, 0.3) is 11.5 Å². The molecule has 25 heavy (non-hydrogen) atoms. The number of ether oxygens (including phenoxy) is 1. The summed E-state index contributed by atoms with van der Waals surface area (Å²) in [5.74, 6) is -0.102. The van der Waals surface area contributed by atoms with E-state index in [1.165, 1.54) is 0 Å². The van der Waals surface area contributed by atoms with Crippen molar-refractivity contribution in [3.05, 3.63) is 45.7 Å². The molecule has 0 saturated carbocycles. The van der Waals surface area contributed by atoms with Crippen molar-refractivity contribution >= 4 is 16.8 Å². The number of hydrogen-bond donors (Lipinski definition) is 2. The van der Waals surface area contributed by atoms with Crippen LogP contribution in [0.1, 0.15) is 30.4 Å². The van der Waals surface area contributed by atoms with Crippen molar-refractivity contribution in [3.63, 3.8) is 0 Å². The van der Waals surface area contributed by atoms with Crippen molar-refractivity contribution in [2.45, 2.75) is 38.8 Å². The van der Waals surface area contributed by atoms with Gasteiger partial charge in [-0.15, -0.1) is 0 Å². The summed E-state index contributed by atoms with van der Waals surface area (Å²) in [5, 5.41) is 10.1. The summed E-state index contributed by atoms with van der Waals surface area (Å²) in [6.07, 6.45) is 1.63. The van der Waals surface area contributed by atoms with E-state index in [1.807, 2.05) is 31.2 Å². The molecule has 1 amide bonds. The van der Waals surface area contributed by atoms with Gasteiger partial charge in [0.2, 0.25) is 0 Å². The van der Waals surface area contributed by atoms with Crippen molar-refractivity contribution in [3.8, 4) is 0 Å². The van der Waals surface area contributed by atoms with Crippen LogP contribution in [0.25, 0.3) is 10.9 Å². The number of hydrogen-bond acceptors (Lipinski definition) is 4. The van der Waals surface area contributed by atoms with Gasteiger partial charge in [-0.25, -0.2) is 0 Å². The number of aryl methyl sites for hydroxylation is 1. The second-order valence-corrected chi connectivity index (χ2v) is 6.55.